The molecule has 0 aliphatic heterocycles. The summed E-state index contributed by atoms with van der Waals surface area (Å²) in [5, 5.41) is 9.08. The fraction of sp³-hybridized carbons (Fsp3) is 0.154. The minimum absolute atomic E-state index is 0.253. The van der Waals surface area contributed by atoms with E-state index in [0.717, 1.165) is 23.9 Å². The Kier molecular flexibility index (Phi) is 4.04. The maximum atomic E-state index is 12.7. The molecule has 1 N–H and O–H groups in total. The molecule has 1 aromatic heterocycles. The van der Waals surface area contributed by atoms with E-state index in [1.807, 2.05) is 0 Å². The average Bonchev–Trinajstić information content (AvgIpc) is 2.36. The van der Waals surface area contributed by atoms with Gasteiger partial charge in [-0.3, -0.25) is 4.79 Å². The number of nitriles is 1. The van der Waals surface area contributed by atoms with E-state index >= 15 is 0 Å². The zero-order valence-electron chi connectivity index (χ0n) is 10.7. The minimum atomic E-state index is -4.58. The van der Waals surface area contributed by atoms with Gasteiger partial charge in [0.15, 0.2) is 5.16 Å². The van der Waals surface area contributed by atoms with Crippen molar-refractivity contribution in [1.29, 1.82) is 5.26 Å². The van der Waals surface area contributed by atoms with Gasteiger partial charge in [-0.25, -0.2) is 4.98 Å². The van der Waals surface area contributed by atoms with Gasteiger partial charge in [-0.2, -0.15) is 18.4 Å². The molecule has 21 heavy (non-hydrogen) atoms. The average molecular weight is 311 g/mol. The lowest BCUT2D eigenvalue weighted by Gasteiger charge is -2.09. The van der Waals surface area contributed by atoms with E-state index in [-0.39, 0.29) is 10.7 Å². The molecule has 108 valence electrons. The standard InChI is InChI=1S/C13H8F3N3OS/c1-7-4-11(20)19-12(18-7)21-9-2-3-10(13(14,15)16)8(5-9)6-17/h2-5H,1H3,(H,18,19,20). The maximum Gasteiger partial charge on any atom is 0.417 e. The summed E-state index contributed by atoms with van der Waals surface area (Å²) < 4.78 is 38.0. The first-order valence-corrected chi connectivity index (χ1v) is 6.48. The zero-order chi connectivity index (χ0) is 15.6. The van der Waals surface area contributed by atoms with E-state index in [2.05, 4.69) is 9.97 Å². The Morgan fingerprint density at radius 3 is 2.62 bits per heavy atom. The Morgan fingerprint density at radius 2 is 2.05 bits per heavy atom. The van der Waals surface area contributed by atoms with Crippen molar-refractivity contribution in [3.8, 4) is 6.07 Å². The van der Waals surface area contributed by atoms with Gasteiger partial charge in [-0.15, -0.1) is 0 Å². The Balaban J connectivity index is 2.38. The van der Waals surface area contributed by atoms with Crippen LogP contribution in [0.5, 0.6) is 0 Å². The van der Waals surface area contributed by atoms with Crippen LogP contribution in [0, 0.1) is 18.3 Å². The number of aromatic amines is 1. The summed E-state index contributed by atoms with van der Waals surface area (Å²) >= 11 is 0.980. The van der Waals surface area contributed by atoms with E-state index in [4.69, 9.17) is 5.26 Å². The molecule has 0 saturated carbocycles. The van der Waals surface area contributed by atoms with Crippen LogP contribution in [0.15, 0.2) is 39.1 Å². The molecule has 0 saturated heterocycles. The monoisotopic (exact) mass is 311 g/mol. The lowest BCUT2D eigenvalue weighted by Crippen LogP contribution is -2.08. The van der Waals surface area contributed by atoms with Crippen LogP contribution >= 0.6 is 11.8 Å². The third-order valence-corrected chi connectivity index (χ3v) is 3.36. The second-order valence-corrected chi connectivity index (χ2v) is 5.17. The second kappa shape index (κ2) is 5.61. The summed E-state index contributed by atoms with van der Waals surface area (Å²) in [7, 11) is 0. The number of benzene rings is 1. The van der Waals surface area contributed by atoms with Crippen molar-refractivity contribution in [3.63, 3.8) is 0 Å². The molecule has 0 spiro atoms. The molecule has 0 atom stereocenters. The highest BCUT2D eigenvalue weighted by Gasteiger charge is 2.33. The van der Waals surface area contributed by atoms with E-state index in [9.17, 15) is 18.0 Å². The molecular formula is C13H8F3N3OS. The lowest BCUT2D eigenvalue weighted by atomic mass is 10.1. The van der Waals surface area contributed by atoms with Gasteiger partial charge in [0.05, 0.1) is 17.2 Å². The van der Waals surface area contributed by atoms with Gasteiger partial charge in [0.2, 0.25) is 0 Å². The molecule has 0 amide bonds. The minimum Gasteiger partial charge on any atom is -0.301 e. The van der Waals surface area contributed by atoms with Crippen LogP contribution in [0.4, 0.5) is 13.2 Å². The summed E-state index contributed by atoms with van der Waals surface area (Å²) in [6.45, 7) is 1.63. The number of halogens is 3. The molecule has 2 rings (SSSR count). The summed E-state index contributed by atoms with van der Waals surface area (Å²) in [6.07, 6.45) is -4.58. The third-order valence-electron chi connectivity index (χ3n) is 2.48. The van der Waals surface area contributed by atoms with Crippen molar-refractivity contribution in [2.24, 2.45) is 0 Å². The number of nitrogens with one attached hydrogen (secondary N) is 1. The summed E-state index contributed by atoms with van der Waals surface area (Å²) in [5.74, 6) is 0. The highest BCUT2D eigenvalue weighted by atomic mass is 32.2. The SMILES string of the molecule is Cc1cc(=O)[nH]c(Sc2ccc(C(F)(F)F)c(C#N)c2)n1. The first kappa shape index (κ1) is 15.1. The quantitative estimate of drug-likeness (QED) is 0.865. The lowest BCUT2D eigenvalue weighted by molar-refractivity contribution is -0.137. The van der Waals surface area contributed by atoms with E-state index < -0.39 is 17.3 Å². The highest BCUT2D eigenvalue weighted by molar-refractivity contribution is 7.99. The van der Waals surface area contributed by atoms with Crippen molar-refractivity contribution < 1.29 is 13.2 Å². The number of alkyl halides is 3. The summed E-state index contributed by atoms with van der Waals surface area (Å²) in [6, 6.07) is 6.02. The molecular weight excluding hydrogens is 303 g/mol. The second-order valence-electron chi connectivity index (χ2n) is 4.11. The van der Waals surface area contributed by atoms with Crippen molar-refractivity contribution in [2.45, 2.75) is 23.2 Å². The number of rotatable bonds is 2. The van der Waals surface area contributed by atoms with Crippen LogP contribution in [-0.2, 0) is 6.18 Å². The van der Waals surface area contributed by atoms with Crippen molar-refractivity contribution >= 4 is 11.8 Å². The Labute approximate surface area is 121 Å². The third kappa shape index (κ3) is 3.64. The molecule has 4 nitrogen and oxygen atoms in total. The van der Waals surface area contributed by atoms with Crippen LogP contribution in [-0.4, -0.2) is 9.97 Å². The fourth-order valence-electron chi connectivity index (χ4n) is 1.64. The van der Waals surface area contributed by atoms with Gasteiger partial charge >= 0.3 is 6.18 Å². The van der Waals surface area contributed by atoms with Gasteiger partial charge in [0.25, 0.3) is 5.56 Å². The van der Waals surface area contributed by atoms with Crippen LogP contribution in [0.3, 0.4) is 0 Å². The smallest absolute Gasteiger partial charge is 0.301 e. The highest BCUT2D eigenvalue weighted by Crippen LogP contribution is 2.34. The predicted octanol–water partition coefficient (Wildman–Crippen LogP) is 3.12. The number of aryl methyl sites for hydroxylation is 1. The molecule has 0 unspecified atom stereocenters. The van der Waals surface area contributed by atoms with Crippen molar-refractivity contribution in [2.75, 3.05) is 0 Å². The number of H-pyrrole nitrogens is 1. The molecule has 8 heteroatoms. The largest absolute Gasteiger partial charge is 0.417 e. The van der Waals surface area contributed by atoms with Crippen LogP contribution in [0.1, 0.15) is 16.8 Å². The van der Waals surface area contributed by atoms with Gasteiger partial charge in [-0.05, 0) is 25.1 Å². The Bertz CT molecular complexity index is 777. The van der Waals surface area contributed by atoms with Crippen LogP contribution in [0.2, 0.25) is 0 Å². The summed E-state index contributed by atoms with van der Waals surface area (Å²) in [5.41, 5.74) is -1.31. The summed E-state index contributed by atoms with van der Waals surface area (Å²) in [4.78, 5) is 18.2. The van der Waals surface area contributed by atoms with Crippen LogP contribution in [0.25, 0.3) is 0 Å². The maximum absolute atomic E-state index is 12.7. The van der Waals surface area contributed by atoms with Gasteiger partial charge in [0.1, 0.15) is 0 Å². The van der Waals surface area contributed by atoms with Crippen LogP contribution < -0.4 is 5.56 Å². The number of nitrogens with zero attached hydrogens (tertiary/aromatic N) is 2. The molecule has 1 heterocycles. The number of aromatic nitrogens is 2. The van der Waals surface area contributed by atoms with Gasteiger partial charge in [-0.1, -0.05) is 11.8 Å². The normalized spacial score (nSPS) is 11.2. The molecule has 0 fully saturated rings. The number of hydrogen-bond acceptors (Lipinski definition) is 4. The van der Waals surface area contributed by atoms with Gasteiger partial charge in [0, 0.05) is 16.7 Å². The first-order valence-electron chi connectivity index (χ1n) is 5.67. The fourth-order valence-corrected chi connectivity index (χ4v) is 2.52. The molecule has 0 radical (unpaired) electrons. The van der Waals surface area contributed by atoms with E-state index in [1.54, 1.807) is 6.92 Å². The zero-order valence-corrected chi connectivity index (χ0v) is 11.5. The molecule has 0 aliphatic rings. The van der Waals surface area contributed by atoms with Crippen molar-refractivity contribution in [3.05, 3.63) is 51.4 Å². The topological polar surface area (TPSA) is 69.5 Å². The van der Waals surface area contributed by atoms with Gasteiger partial charge < -0.3 is 4.98 Å². The van der Waals surface area contributed by atoms with E-state index in [1.165, 1.54) is 18.2 Å². The number of hydrogen-bond donors (Lipinski definition) is 1. The molecule has 2 aromatic rings. The molecule has 0 bridgehead atoms. The molecule has 1 aromatic carbocycles. The Morgan fingerprint density at radius 1 is 1.33 bits per heavy atom. The van der Waals surface area contributed by atoms with E-state index in [0.29, 0.717) is 10.6 Å². The van der Waals surface area contributed by atoms with Crippen molar-refractivity contribution in [1.82, 2.24) is 9.97 Å². The first-order chi connectivity index (χ1) is 9.79. The predicted molar refractivity (Wildman–Crippen MR) is 69.9 cm³/mol. The Hall–Kier alpha value is -2.27. The molecule has 0 aliphatic carbocycles.